The monoisotopic (exact) mass is 261 g/mol. The van der Waals surface area contributed by atoms with Crippen molar-refractivity contribution in [2.45, 2.75) is 6.42 Å². The average Bonchev–Trinajstić information content (AvgIpc) is 2.24. The molecule has 16 heavy (non-hydrogen) atoms. The quantitative estimate of drug-likeness (QED) is 0.828. The third kappa shape index (κ3) is 4.00. The first-order valence-corrected chi connectivity index (χ1v) is 5.63. The highest BCUT2D eigenvalue weighted by Gasteiger charge is 2.09. The van der Waals surface area contributed by atoms with Gasteiger partial charge in [0, 0.05) is 25.3 Å². The third-order valence-corrected chi connectivity index (χ3v) is 2.53. The van der Waals surface area contributed by atoms with Crippen molar-refractivity contribution in [2.24, 2.45) is 0 Å². The normalized spacial score (nSPS) is 10.2. The van der Waals surface area contributed by atoms with Crippen LogP contribution in [-0.4, -0.2) is 26.2 Å². The minimum Gasteiger partial charge on any atom is -0.385 e. The van der Waals surface area contributed by atoms with Crippen molar-refractivity contribution >= 4 is 29.1 Å². The van der Waals surface area contributed by atoms with E-state index in [2.05, 4.69) is 5.32 Å². The van der Waals surface area contributed by atoms with Crippen molar-refractivity contribution in [3.8, 4) is 0 Å². The number of ether oxygens (including phenoxy) is 1. The fourth-order valence-electron chi connectivity index (χ4n) is 1.19. The first-order valence-electron chi connectivity index (χ1n) is 4.87. The molecule has 1 amide bonds. The fourth-order valence-corrected chi connectivity index (χ4v) is 1.68. The minimum atomic E-state index is -0.197. The molecule has 0 atom stereocenters. The van der Waals surface area contributed by atoms with Gasteiger partial charge < -0.3 is 10.1 Å². The molecule has 0 saturated carbocycles. The van der Waals surface area contributed by atoms with E-state index in [1.165, 1.54) is 0 Å². The Morgan fingerprint density at radius 2 is 2.19 bits per heavy atom. The highest BCUT2D eigenvalue weighted by Crippen LogP contribution is 2.20. The topological polar surface area (TPSA) is 38.3 Å². The van der Waals surface area contributed by atoms with E-state index in [0.717, 1.165) is 6.42 Å². The van der Waals surface area contributed by atoms with Gasteiger partial charge in [-0.15, -0.1) is 0 Å². The molecule has 0 aliphatic rings. The molecule has 3 nitrogen and oxygen atoms in total. The molecule has 0 bridgehead atoms. The number of halogens is 2. The second kappa shape index (κ2) is 6.74. The molecular weight excluding hydrogens is 249 g/mol. The Hall–Kier alpha value is -0.770. The fraction of sp³-hybridized carbons (Fsp3) is 0.364. The molecule has 0 aromatic heterocycles. The van der Waals surface area contributed by atoms with Crippen LogP contribution in [0.5, 0.6) is 0 Å². The van der Waals surface area contributed by atoms with Crippen LogP contribution in [0.2, 0.25) is 10.0 Å². The number of nitrogens with one attached hydrogen (secondary N) is 1. The lowest BCUT2D eigenvalue weighted by atomic mass is 10.2. The Kier molecular flexibility index (Phi) is 5.60. The molecule has 88 valence electrons. The molecule has 0 heterocycles. The van der Waals surface area contributed by atoms with E-state index >= 15 is 0 Å². The van der Waals surface area contributed by atoms with Crippen molar-refractivity contribution in [3.05, 3.63) is 33.8 Å². The number of hydrogen-bond donors (Lipinski definition) is 1. The van der Waals surface area contributed by atoms with E-state index in [4.69, 9.17) is 27.9 Å². The number of benzene rings is 1. The van der Waals surface area contributed by atoms with E-state index in [9.17, 15) is 4.79 Å². The Morgan fingerprint density at radius 1 is 1.44 bits per heavy atom. The van der Waals surface area contributed by atoms with Crippen LogP contribution in [0.25, 0.3) is 0 Å². The average molecular weight is 262 g/mol. The number of carbonyl (C=O) groups is 1. The molecule has 1 N–H and O–H groups in total. The van der Waals surface area contributed by atoms with Gasteiger partial charge in [0.2, 0.25) is 0 Å². The van der Waals surface area contributed by atoms with E-state index in [1.54, 1.807) is 25.3 Å². The zero-order valence-electron chi connectivity index (χ0n) is 8.93. The summed E-state index contributed by atoms with van der Waals surface area (Å²) in [6.07, 6.45) is 0.771. The molecule has 1 aromatic rings. The van der Waals surface area contributed by atoms with E-state index in [1.807, 2.05) is 0 Å². The smallest absolute Gasteiger partial charge is 0.252 e. The molecule has 0 spiro atoms. The summed E-state index contributed by atoms with van der Waals surface area (Å²) in [5.74, 6) is -0.197. The van der Waals surface area contributed by atoms with Gasteiger partial charge in [-0.05, 0) is 24.6 Å². The second-order valence-corrected chi connectivity index (χ2v) is 4.07. The van der Waals surface area contributed by atoms with Gasteiger partial charge in [0.1, 0.15) is 0 Å². The summed E-state index contributed by atoms with van der Waals surface area (Å²) in [7, 11) is 1.62. The van der Waals surface area contributed by atoms with Gasteiger partial charge in [-0.3, -0.25) is 4.79 Å². The maximum atomic E-state index is 11.7. The largest absolute Gasteiger partial charge is 0.385 e. The summed E-state index contributed by atoms with van der Waals surface area (Å²) in [4.78, 5) is 11.7. The van der Waals surface area contributed by atoms with Crippen molar-refractivity contribution in [2.75, 3.05) is 20.3 Å². The van der Waals surface area contributed by atoms with Crippen molar-refractivity contribution in [3.63, 3.8) is 0 Å². The van der Waals surface area contributed by atoms with Gasteiger partial charge >= 0.3 is 0 Å². The van der Waals surface area contributed by atoms with Crippen LogP contribution in [0.4, 0.5) is 0 Å². The molecule has 0 unspecified atom stereocenters. The Bertz CT molecular complexity index is 369. The lowest BCUT2D eigenvalue weighted by Crippen LogP contribution is -2.25. The van der Waals surface area contributed by atoms with Gasteiger partial charge in [-0.25, -0.2) is 0 Å². The summed E-state index contributed by atoms with van der Waals surface area (Å²) >= 11 is 11.6. The Balaban J connectivity index is 2.53. The zero-order chi connectivity index (χ0) is 12.0. The van der Waals surface area contributed by atoms with Crippen LogP contribution in [0.3, 0.4) is 0 Å². The van der Waals surface area contributed by atoms with Gasteiger partial charge in [0.15, 0.2) is 0 Å². The number of carbonyl (C=O) groups excluding carboxylic acids is 1. The van der Waals surface area contributed by atoms with Crippen LogP contribution in [0.1, 0.15) is 16.8 Å². The molecule has 1 rings (SSSR count). The summed E-state index contributed by atoms with van der Waals surface area (Å²) in [6.45, 7) is 1.18. The highest BCUT2D eigenvalue weighted by atomic mass is 35.5. The lowest BCUT2D eigenvalue weighted by Gasteiger charge is -2.06. The molecule has 5 heteroatoms. The van der Waals surface area contributed by atoms with Crippen molar-refractivity contribution in [1.82, 2.24) is 5.32 Å². The molecule has 0 radical (unpaired) electrons. The molecule has 0 fully saturated rings. The van der Waals surface area contributed by atoms with Gasteiger partial charge in [-0.1, -0.05) is 23.2 Å². The standard InChI is InChI=1S/C11H13Cl2NO2/c1-16-6-2-5-14-11(15)9-4-3-8(12)7-10(9)13/h3-4,7H,2,5-6H2,1H3,(H,14,15). The predicted octanol–water partition coefficient (Wildman–Crippen LogP) is 2.76. The summed E-state index contributed by atoms with van der Waals surface area (Å²) in [5, 5.41) is 3.62. The van der Waals surface area contributed by atoms with Crippen LogP contribution in [-0.2, 0) is 4.74 Å². The van der Waals surface area contributed by atoms with Crippen LogP contribution < -0.4 is 5.32 Å². The minimum absolute atomic E-state index is 0.197. The number of hydrogen-bond acceptors (Lipinski definition) is 2. The van der Waals surface area contributed by atoms with E-state index in [0.29, 0.717) is 28.8 Å². The van der Waals surface area contributed by atoms with Crippen LogP contribution >= 0.6 is 23.2 Å². The SMILES string of the molecule is COCCCNC(=O)c1ccc(Cl)cc1Cl. The summed E-state index contributed by atoms with van der Waals surface area (Å²) in [6, 6.07) is 4.79. The molecule has 1 aromatic carbocycles. The number of rotatable bonds is 5. The summed E-state index contributed by atoms with van der Waals surface area (Å²) < 4.78 is 4.87. The van der Waals surface area contributed by atoms with Gasteiger partial charge in [0.25, 0.3) is 5.91 Å². The highest BCUT2D eigenvalue weighted by molar-refractivity contribution is 6.36. The van der Waals surface area contributed by atoms with Crippen LogP contribution in [0.15, 0.2) is 18.2 Å². The predicted molar refractivity (Wildman–Crippen MR) is 65.3 cm³/mol. The zero-order valence-corrected chi connectivity index (χ0v) is 10.4. The number of amides is 1. The summed E-state index contributed by atoms with van der Waals surface area (Å²) in [5.41, 5.74) is 0.434. The Morgan fingerprint density at radius 3 is 2.81 bits per heavy atom. The van der Waals surface area contributed by atoms with E-state index in [-0.39, 0.29) is 5.91 Å². The maximum absolute atomic E-state index is 11.7. The van der Waals surface area contributed by atoms with Crippen molar-refractivity contribution in [1.29, 1.82) is 0 Å². The molecule has 0 aliphatic heterocycles. The van der Waals surface area contributed by atoms with E-state index < -0.39 is 0 Å². The second-order valence-electron chi connectivity index (χ2n) is 3.23. The maximum Gasteiger partial charge on any atom is 0.252 e. The number of methoxy groups -OCH3 is 1. The Labute approximate surface area is 105 Å². The van der Waals surface area contributed by atoms with Crippen LogP contribution in [0, 0.1) is 0 Å². The molecule has 0 saturated heterocycles. The molecular formula is C11H13Cl2NO2. The van der Waals surface area contributed by atoms with Crippen molar-refractivity contribution < 1.29 is 9.53 Å². The first-order chi connectivity index (χ1) is 7.65. The lowest BCUT2D eigenvalue weighted by molar-refractivity contribution is 0.0949. The third-order valence-electron chi connectivity index (χ3n) is 1.99. The van der Waals surface area contributed by atoms with Gasteiger partial charge in [0.05, 0.1) is 10.6 Å². The first kappa shape index (κ1) is 13.3. The molecule has 0 aliphatic carbocycles. The van der Waals surface area contributed by atoms with Gasteiger partial charge in [-0.2, -0.15) is 0 Å².